The maximum Gasteiger partial charge on any atom is 0.225 e. The molecule has 1 fully saturated rings. The van der Waals surface area contributed by atoms with E-state index in [4.69, 9.17) is 11.6 Å². The summed E-state index contributed by atoms with van der Waals surface area (Å²) in [5, 5.41) is -0.343. The van der Waals surface area contributed by atoms with Crippen LogP contribution in [0.4, 0.5) is 0 Å². The van der Waals surface area contributed by atoms with Gasteiger partial charge in [0.15, 0.2) is 0 Å². The first-order valence-corrected chi connectivity index (χ1v) is 7.30. The molecular formula is C9H18ClNO2S. The summed E-state index contributed by atoms with van der Waals surface area (Å²) in [6, 6.07) is 0.0269. The molecule has 14 heavy (non-hydrogen) atoms. The SMILES string of the molecule is C[C@H](NS(=O)(=O)CCl)C1CCCCC1. The summed E-state index contributed by atoms with van der Waals surface area (Å²) < 4.78 is 25.0. The topological polar surface area (TPSA) is 46.2 Å². The van der Waals surface area contributed by atoms with Gasteiger partial charge >= 0.3 is 0 Å². The fourth-order valence-electron chi connectivity index (χ4n) is 2.05. The number of halogens is 1. The lowest BCUT2D eigenvalue weighted by Crippen LogP contribution is -2.39. The van der Waals surface area contributed by atoms with Crippen LogP contribution in [0.15, 0.2) is 0 Å². The Morgan fingerprint density at radius 3 is 2.43 bits per heavy atom. The predicted molar refractivity (Wildman–Crippen MR) is 58.8 cm³/mol. The summed E-state index contributed by atoms with van der Waals surface area (Å²) in [4.78, 5) is 0. The maximum absolute atomic E-state index is 11.2. The molecule has 0 amide bonds. The van der Waals surface area contributed by atoms with Crippen LogP contribution < -0.4 is 4.72 Å². The Kier molecular flexibility index (Phi) is 4.67. The van der Waals surface area contributed by atoms with Crippen LogP contribution >= 0.6 is 11.6 Å². The van der Waals surface area contributed by atoms with Crippen LogP contribution in [0.5, 0.6) is 0 Å². The molecular weight excluding hydrogens is 222 g/mol. The molecule has 84 valence electrons. The lowest BCUT2D eigenvalue weighted by molar-refractivity contribution is 0.303. The summed E-state index contributed by atoms with van der Waals surface area (Å²) in [5.74, 6) is 0.488. The monoisotopic (exact) mass is 239 g/mol. The molecule has 0 aromatic heterocycles. The molecule has 1 rings (SSSR count). The maximum atomic E-state index is 11.2. The zero-order valence-corrected chi connectivity index (χ0v) is 10.1. The lowest BCUT2D eigenvalue weighted by atomic mass is 9.85. The van der Waals surface area contributed by atoms with Crippen molar-refractivity contribution in [1.29, 1.82) is 0 Å². The molecule has 0 saturated heterocycles. The van der Waals surface area contributed by atoms with Crippen molar-refractivity contribution in [2.45, 2.75) is 45.1 Å². The van der Waals surface area contributed by atoms with Crippen LogP contribution in [0.1, 0.15) is 39.0 Å². The van der Waals surface area contributed by atoms with Crippen molar-refractivity contribution in [3.8, 4) is 0 Å². The second-order valence-electron chi connectivity index (χ2n) is 4.03. The Hall–Kier alpha value is 0.200. The first-order chi connectivity index (χ1) is 6.55. The van der Waals surface area contributed by atoms with Gasteiger partial charge in [-0.25, -0.2) is 13.1 Å². The molecule has 0 spiro atoms. The molecule has 0 heterocycles. The highest BCUT2D eigenvalue weighted by molar-refractivity contribution is 7.90. The Morgan fingerprint density at radius 1 is 1.36 bits per heavy atom. The molecule has 0 aromatic carbocycles. The normalized spacial score (nSPS) is 22.1. The Bertz CT molecular complexity index is 260. The average Bonchev–Trinajstić information content (AvgIpc) is 2.19. The van der Waals surface area contributed by atoms with Gasteiger partial charge in [-0.05, 0) is 25.7 Å². The van der Waals surface area contributed by atoms with Gasteiger partial charge in [0.05, 0.1) is 0 Å². The van der Waals surface area contributed by atoms with Gasteiger partial charge in [0, 0.05) is 6.04 Å². The zero-order valence-electron chi connectivity index (χ0n) is 8.50. The predicted octanol–water partition coefficient (Wildman–Crippen LogP) is 2.07. The number of hydrogen-bond donors (Lipinski definition) is 1. The molecule has 0 aromatic rings. The molecule has 1 aliphatic rings. The summed E-state index contributed by atoms with van der Waals surface area (Å²) in [6.45, 7) is 1.93. The number of alkyl halides is 1. The largest absolute Gasteiger partial charge is 0.225 e. The van der Waals surface area contributed by atoms with E-state index in [-0.39, 0.29) is 11.3 Å². The second kappa shape index (κ2) is 5.33. The van der Waals surface area contributed by atoms with Gasteiger partial charge in [-0.15, -0.1) is 11.6 Å². The molecule has 0 radical (unpaired) electrons. The third-order valence-corrected chi connectivity index (χ3v) is 4.75. The van der Waals surface area contributed by atoms with Gasteiger partial charge in [-0.1, -0.05) is 19.3 Å². The van der Waals surface area contributed by atoms with Gasteiger partial charge in [-0.2, -0.15) is 0 Å². The third kappa shape index (κ3) is 3.75. The first-order valence-electron chi connectivity index (χ1n) is 5.11. The first kappa shape index (κ1) is 12.3. The van der Waals surface area contributed by atoms with Crippen molar-refractivity contribution >= 4 is 21.6 Å². The van der Waals surface area contributed by atoms with Crippen molar-refractivity contribution in [3.05, 3.63) is 0 Å². The minimum absolute atomic E-state index is 0.0269. The van der Waals surface area contributed by atoms with E-state index in [9.17, 15) is 8.42 Å². The molecule has 1 saturated carbocycles. The van der Waals surface area contributed by atoms with Gasteiger partial charge < -0.3 is 0 Å². The Morgan fingerprint density at radius 2 is 1.93 bits per heavy atom. The molecule has 5 heteroatoms. The zero-order chi connectivity index (χ0) is 10.6. The molecule has 1 aliphatic carbocycles. The van der Waals surface area contributed by atoms with Gasteiger partial charge in [0.25, 0.3) is 0 Å². The van der Waals surface area contributed by atoms with Crippen molar-refractivity contribution in [2.24, 2.45) is 5.92 Å². The minimum Gasteiger partial charge on any atom is -0.211 e. The van der Waals surface area contributed by atoms with E-state index in [1.807, 2.05) is 6.92 Å². The number of sulfonamides is 1. The van der Waals surface area contributed by atoms with E-state index in [1.54, 1.807) is 0 Å². The van der Waals surface area contributed by atoms with E-state index < -0.39 is 10.0 Å². The second-order valence-corrected chi connectivity index (χ2v) is 6.37. The molecule has 0 unspecified atom stereocenters. The molecule has 1 N–H and O–H groups in total. The minimum atomic E-state index is -3.25. The van der Waals surface area contributed by atoms with Crippen molar-refractivity contribution < 1.29 is 8.42 Å². The van der Waals surface area contributed by atoms with Gasteiger partial charge in [-0.3, -0.25) is 0 Å². The lowest BCUT2D eigenvalue weighted by Gasteiger charge is -2.27. The number of rotatable bonds is 4. The Balaban J connectivity index is 2.44. The third-order valence-electron chi connectivity index (χ3n) is 2.87. The van der Waals surface area contributed by atoms with E-state index in [0.717, 1.165) is 12.8 Å². The Labute approximate surface area is 91.3 Å². The highest BCUT2D eigenvalue weighted by Crippen LogP contribution is 2.26. The average molecular weight is 240 g/mol. The van der Waals surface area contributed by atoms with Crippen molar-refractivity contribution in [3.63, 3.8) is 0 Å². The number of nitrogens with one attached hydrogen (secondary N) is 1. The fourth-order valence-corrected chi connectivity index (χ4v) is 3.06. The van der Waals surface area contributed by atoms with E-state index in [2.05, 4.69) is 4.72 Å². The van der Waals surface area contributed by atoms with Crippen LogP contribution in [0, 0.1) is 5.92 Å². The summed E-state index contributed by atoms with van der Waals surface area (Å²) in [5.41, 5.74) is 0. The molecule has 0 aliphatic heterocycles. The van der Waals surface area contributed by atoms with E-state index in [1.165, 1.54) is 19.3 Å². The van der Waals surface area contributed by atoms with Crippen LogP contribution in [0.25, 0.3) is 0 Å². The van der Waals surface area contributed by atoms with Crippen LogP contribution in [-0.4, -0.2) is 19.7 Å². The van der Waals surface area contributed by atoms with Crippen LogP contribution in [-0.2, 0) is 10.0 Å². The molecule has 1 atom stereocenters. The quantitative estimate of drug-likeness (QED) is 0.764. The van der Waals surface area contributed by atoms with Gasteiger partial charge in [0.2, 0.25) is 10.0 Å². The van der Waals surface area contributed by atoms with E-state index in [0.29, 0.717) is 5.92 Å². The summed E-state index contributed by atoms with van der Waals surface area (Å²) in [6.07, 6.45) is 5.98. The van der Waals surface area contributed by atoms with Crippen molar-refractivity contribution in [1.82, 2.24) is 4.72 Å². The van der Waals surface area contributed by atoms with Crippen LogP contribution in [0.2, 0.25) is 0 Å². The highest BCUT2D eigenvalue weighted by atomic mass is 35.5. The number of hydrogen-bond acceptors (Lipinski definition) is 2. The fraction of sp³-hybridized carbons (Fsp3) is 1.00. The highest BCUT2D eigenvalue weighted by Gasteiger charge is 2.23. The van der Waals surface area contributed by atoms with Gasteiger partial charge in [0.1, 0.15) is 5.21 Å². The van der Waals surface area contributed by atoms with Crippen molar-refractivity contribution in [2.75, 3.05) is 5.21 Å². The van der Waals surface area contributed by atoms with Crippen LogP contribution in [0.3, 0.4) is 0 Å². The smallest absolute Gasteiger partial charge is 0.211 e. The summed E-state index contributed by atoms with van der Waals surface area (Å²) >= 11 is 5.33. The molecule has 0 bridgehead atoms. The standard InChI is InChI=1S/C9H18ClNO2S/c1-8(11-14(12,13)7-10)9-5-3-2-4-6-9/h8-9,11H,2-7H2,1H3/t8-/m0/s1. The van der Waals surface area contributed by atoms with E-state index >= 15 is 0 Å². The summed E-state index contributed by atoms with van der Waals surface area (Å²) in [7, 11) is -3.25. The molecule has 3 nitrogen and oxygen atoms in total.